The van der Waals surface area contributed by atoms with Gasteiger partial charge in [-0.25, -0.2) is 0 Å². The van der Waals surface area contributed by atoms with Crippen molar-refractivity contribution in [2.45, 2.75) is 32.4 Å². The third kappa shape index (κ3) is 5.46. The Morgan fingerprint density at radius 3 is 2.36 bits per heavy atom. The van der Waals surface area contributed by atoms with Gasteiger partial charge in [0.25, 0.3) is 5.91 Å². The highest BCUT2D eigenvalue weighted by atomic mass is 16.5. The topological polar surface area (TPSA) is 58.6 Å². The second-order valence-electron chi connectivity index (χ2n) is 6.90. The second kappa shape index (κ2) is 9.22. The van der Waals surface area contributed by atoms with Crippen molar-refractivity contribution in [1.29, 1.82) is 0 Å². The van der Waals surface area contributed by atoms with Crippen molar-refractivity contribution in [1.82, 2.24) is 10.2 Å². The third-order valence-electron chi connectivity index (χ3n) is 4.73. The smallest absolute Gasteiger partial charge is 0.251 e. The van der Waals surface area contributed by atoms with E-state index >= 15 is 0 Å². The monoisotopic (exact) mass is 378 g/mol. The van der Waals surface area contributed by atoms with Crippen LogP contribution in [0.2, 0.25) is 0 Å². The largest absolute Gasteiger partial charge is 0.497 e. The molecule has 1 aliphatic rings. The first-order chi connectivity index (χ1) is 13.6. The van der Waals surface area contributed by atoms with Gasteiger partial charge in [-0.05, 0) is 61.2 Å². The van der Waals surface area contributed by atoms with E-state index in [1.807, 2.05) is 43.3 Å². The Bertz CT molecular complexity index is 837. The van der Waals surface area contributed by atoms with Crippen LogP contribution in [0.1, 0.15) is 41.3 Å². The van der Waals surface area contributed by atoms with E-state index in [2.05, 4.69) is 5.32 Å². The Balaban J connectivity index is 1.57. The van der Waals surface area contributed by atoms with Crippen molar-refractivity contribution >= 4 is 17.9 Å². The van der Waals surface area contributed by atoms with Gasteiger partial charge in [-0.2, -0.15) is 0 Å². The second-order valence-corrected chi connectivity index (χ2v) is 6.90. The van der Waals surface area contributed by atoms with Crippen LogP contribution in [-0.2, 0) is 11.3 Å². The Kier molecular flexibility index (Phi) is 6.48. The standard InChI is InChI=1S/C23H26N2O3/c1-3-25(16-18-6-13-21(28-2)14-7-18)22(26)15-8-17-4-9-19(10-5-17)23(27)24-20-11-12-20/h4-10,13-15,20H,3,11-12,16H2,1-2H3,(H,24,27)/b15-8+. The van der Waals surface area contributed by atoms with Crippen LogP contribution in [0.4, 0.5) is 0 Å². The number of methoxy groups -OCH3 is 1. The maximum Gasteiger partial charge on any atom is 0.251 e. The summed E-state index contributed by atoms with van der Waals surface area (Å²) in [6, 6.07) is 15.3. The molecule has 2 aromatic carbocycles. The molecule has 0 unspecified atom stereocenters. The summed E-state index contributed by atoms with van der Waals surface area (Å²) in [4.78, 5) is 26.3. The van der Waals surface area contributed by atoms with Gasteiger partial charge in [-0.3, -0.25) is 9.59 Å². The minimum Gasteiger partial charge on any atom is -0.497 e. The van der Waals surface area contributed by atoms with Crippen LogP contribution >= 0.6 is 0 Å². The molecule has 0 radical (unpaired) electrons. The average molecular weight is 378 g/mol. The molecule has 3 rings (SSSR count). The fourth-order valence-electron chi connectivity index (χ4n) is 2.81. The number of benzene rings is 2. The molecule has 0 aromatic heterocycles. The van der Waals surface area contributed by atoms with Crippen LogP contribution in [0.5, 0.6) is 5.75 Å². The summed E-state index contributed by atoms with van der Waals surface area (Å²) in [5.74, 6) is 0.715. The highest BCUT2D eigenvalue weighted by molar-refractivity contribution is 5.95. The molecular weight excluding hydrogens is 352 g/mol. The molecule has 1 saturated carbocycles. The number of carbonyl (C=O) groups is 2. The van der Waals surface area contributed by atoms with Crippen LogP contribution in [-0.4, -0.2) is 36.4 Å². The van der Waals surface area contributed by atoms with Gasteiger partial charge in [0.1, 0.15) is 5.75 Å². The predicted molar refractivity (Wildman–Crippen MR) is 110 cm³/mol. The molecule has 2 amide bonds. The van der Waals surface area contributed by atoms with E-state index in [0.29, 0.717) is 24.7 Å². The van der Waals surface area contributed by atoms with E-state index < -0.39 is 0 Å². The molecule has 1 fully saturated rings. The molecular formula is C23H26N2O3. The molecule has 146 valence electrons. The van der Waals surface area contributed by atoms with Crippen molar-refractivity contribution in [2.75, 3.05) is 13.7 Å². The molecule has 5 heteroatoms. The zero-order valence-corrected chi connectivity index (χ0v) is 16.4. The number of likely N-dealkylation sites (N-methyl/N-ethyl adjacent to an activating group) is 1. The minimum atomic E-state index is -0.0473. The summed E-state index contributed by atoms with van der Waals surface area (Å²) < 4.78 is 5.16. The molecule has 28 heavy (non-hydrogen) atoms. The zero-order chi connectivity index (χ0) is 19.9. The number of amides is 2. The molecule has 5 nitrogen and oxygen atoms in total. The Labute approximate surface area is 166 Å². The number of nitrogens with one attached hydrogen (secondary N) is 1. The first-order valence-electron chi connectivity index (χ1n) is 9.60. The summed E-state index contributed by atoms with van der Waals surface area (Å²) in [6.45, 7) is 3.13. The molecule has 2 aromatic rings. The summed E-state index contributed by atoms with van der Waals surface area (Å²) >= 11 is 0. The summed E-state index contributed by atoms with van der Waals surface area (Å²) in [5.41, 5.74) is 2.58. The van der Waals surface area contributed by atoms with Crippen LogP contribution in [0.25, 0.3) is 6.08 Å². The first kappa shape index (κ1) is 19.7. The molecule has 0 atom stereocenters. The number of hydrogen-bond donors (Lipinski definition) is 1. The lowest BCUT2D eigenvalue weighted by Crippen LogP contribution is -2.28. The fraction of sp³-hybridized carbons (Fsp3) is 0.304. The maximum atomic E-state index is 12.5. The van der Waals surface area contributed by atoms with Crippen molar-refractivity contribution in [3.8, 4) is 5.75 Å². The van der Waals surface area contributed by atoms with Gasteiger partial charge in [-0.15, -0.1) is 0 Å². The van der Waals surface area contributed by atoms with Crippen molar-refractivity contribution in [3.05, 3.63) is 71.3 Å². The van der Waals surface area contributed by atoms with E-state index in [1.165, 1.54) is 0 Å². The van der Waals surface area contributed by atoms with Crippen LogP contribution in [0.15, 0.2) is 54.6 Å². The molecule has 1 aliphatic carbocycles. The normalized spacial score (nSPS) is 13.4. The Hall–Kier alpha value is -3.08. The van der Waals surface area contributed by atoms with E-state index in [9.17, 15) is 9.59 Å². The summed E-state index contributed by atoms with van der Waals surface area (Å²) in [7, 11) is 1.63. The van der Waals surface area contributed by atoms with Crippen molar-refractivity contribution < 1.29 is 14.3 Å². The summed E-state index contributed by atoms with van der Waals surface area (Å²) in [5, 5.41) is 2.97. The zero-order valence-electron chi connectivity index (χ0n) is 16.4. The fourth-order valence-corrected chi connectivity index (χ4v) is 2.81. The van der Waals surface area contributed by atoms with Gasteiger partial charge < -0.3 is 15.0 Å². The van der Waals surface area contributed by atoms with Gasteiger partial charge in [0.2, 0.25) is 5.91 Å². The van der Waals surface area contributed by atoms with E-state index in [0.717, 1.165) is 29.7 Å². The van der Waals surface area contributed by atoms with Gasteiger partial charge in [0, 0.05) is 30.8 Å². The number of hydrogen-bond acceptors (Lipinski definition) is 3. The predicted octanol–water partition coefficient (Wildman–Crippen LogP) is 3.65. The number of nitrogens with zero attached hydrogens (tertiary/aromatic N) is 1. The molecule has 0 saturated heterocycles. The van der Waals surface area contributed by atoms with Gasteiger partial charge in [0.05, 0.1) is 7.11 Å². The SMILES string of the molecule is CCN(Cc1ccc(OC)cc1)C(=O)/C=C/c1ccc(C(=O)NC2CC2)cc1. The maximum absolute atomic E-state index is 12.5. The van der Waals surface area contributed by atoms with Crippen LogP contribution in [0.3, 0.4) is 0 Å². The van der Waals surface area contributed by atoms with Crippen molar-refractivity contribution in [2.24, 2.45) is 0 Å². The minimum absolute atomic E-state index is 0.0363. The number of carbonyl (C=O) groups excluding carboxylic acids is 2. The highest BCUT2D eigenvalue weighted by Gasteiger charge is 2.23. The molecule has 0 bridgehead atoms. The van der Waals surface area contributed by atoms with E-state index in [1.54, 1.807) is 36.3 Å². The first-order valence-corrected chi connectivity index (χ1v) is 9.60. The highest BCUT2D eigenvalue weighted by Crippen LogP contribution is 2.19. The van der Waals surface area contributed by atoms with E-state index in [4.69, 9.17) is 4.74 Å². The average Bonchev–Trinajstić information content (AvgIpc) is 3.55. The Morgan fingerprint density at radius 1 is 1.11 bits per heavy atom. The lowest BCUT2D eigenvalue weighted by molar-refractivity contribution is -0.126. The number of ether oxygens (including phenoxy) is 1. The quantitative estimate of drug-likeness (QED) is 0.714. The molecule has 0 aliphatic heterocycles. The lowest BCUT2D eigenvalue weighted by atomic mass is 10.1. The summed E-state index contributed by atoms with van der Waals surface area (Å²) in [6.07, 6.45) is 5.49. The van der Waals surface area contributed by atoms with E-state index in [-0.39, 0.29) is 11.8 Å². The molecule has 0 spiro atoms. The van der Waals surface area contributed by atoms with Gasteiger partial charge in [0.15, 0.2) is 0 Å². The number of rotatable bonds is 8. The lowest BCUT2D eigenvalue weighted by Gasteiger charge is -2.19. The molecule has 1 N–H and O–H groups in total. The van der Waals surface area contributed by atoms with Crippen LogP contribution in [0, 0.1) is 0 Å². The third-order valence-corrected chi connectivity index (χ3v) is 4.73. The van der Waals surface area contributed by atoms with Gasteiger partial charge >= 0.3 is 0 Å². The van der Waals surface area contributed by atoms with Gasteiger partial charge in [-0.1, -0.05) is 24.3 Å². The van der Waals surface area contributed by atoms with Crippen molar-refractivity contribution in [3.63, 3.8) is 0 Å². The Morgan fingerprint density at radius 2 is 1.79 bits per heavy atom. The van der Waals surface area contributed by atoms with Crippen LogP contribution < -0.4 is 10.1 Å². The molecule has 0 heterocycles.